The molecule has 1 aromatic heterocycles. The normalized spacial score (nSPS) is 10.7. The fourth-order valence-corrected chi connectivity index (χ4v) is 1.63. The summed E-state index contributed by atoms with van der Waals surface area (Å²) >= 11 is 0. The summed E-state index contributed by atoms with van der Waals surface area (Å²) in [5.74, 6) is -5.22. The van der Waals surface area contributed by atoms with Gasteiger partial charge in [0.1, 0.15) is 0 Å². The second kappa shape index (κ2) is 6.40. The number of aromatic nitrogens is 2. The van der Waals surface area contributed by atoms with E-state index in [1.54, 1.807) is 7.11 Å². The van der Waals surface area contributed by atoms with Crippen molar-refractivity contribution in [3.8, 4) is 0 Å². The molecule has 1 aromatic carbocycles. The summed E-state index contributed by atoms with van der Waals surface area (Å²) in [5.41, 5.74) is 0.0253. The topological polar surface area (TPSA) is 56.1 Å². The van der Waals surface area contributed by atoms with Gasteiger partial charge in [0, 0.05) is 18.9 Å². The number of ether oxygens (including phenoxy) is 1. The molecule has 0 bridgehead atoms. The summed E-state index contributed by atoms with van der Waals surface area (Å²) in [5, 5.41) is 6.37. The van der Waals surface area contributed by atoms with Crippen LogP contribution < -0.4 is 5.32 Å². The van der Waals surface area contributed by atoms with Crippen molar-refractivity contribution in [1.29, 1.82) is 0 Å². The van der Waals surface area contributed by atoms with Crippen LogP contribution in [0.3, 0.4) is 0 Å². The number of hydrogen-bond donors (Lipinski definition) is 1. The number of benzene rings is 1. The zero-order valence-corrected chi connectivity index (χ0v) is 11.1. The molecule has 0 fully saturated rings. The minimum Gasteiger partial charge on any atom is -0.383 e. The largest absolute Gasteiger partial charge is 0.383 e. The van der Waals surface area contributed by atoms with E-state index in [9.17, 15) is 18.0 Å². The Morgan fingerprint density at radius 3 is 2.62 bits per heavy atom. The SMILES string of the molecule is COCCn1cc(NC(=O)c2cc(F)c(F)c(F)c2)cn1. The number of halogens is 3. The van der Waals surface area contributed by atoms with E-state index in [0.29, 0.717) is 31.0 Å². The molecule has 1 amide bonds. The van der Waals surface area contributed by atoms with Crippen LogP contribution in [0.25, 0.3) is 0 Å². The zero-order chi connectivity index (χ0) is 15.4. The van der Waals surface area contributed by atoms with Crippen LogP contribution in [0.15, 0.2) is 24.5 Å². The van der Waals surface area contributed by atoms with E-state index in [-0.39, 0.29) is 5.56 Å². The van der Waals surface area contributed by atoms with Crippen molar-refractivity contribution in [2.24, 2.45) is 0 Å². The predicted molar refractivity (Wildman–Crippen MR) is 68.4 cm³/mol. The van der Waals surface area contributed by atoms with E-state index in [1.165, 1.54) is 17.1 Å². The molecule has 0 radical (unpaired) electrons. The van der Waals surface area contributed by atoms with Gasteiger partial charge in [0.2, 0.25) is 0 Å². The van der Waals surface area contributed by atoms with Crippen LogP contribution in [0.2, 0.25) is 0 Å². The van der Waals surface area contributed by atoms with Crippen LogP contribution in [0.4, 0.5) is 18.9 Å². The highest BCUT2D eigenvalue weighted by molar-refractivity contribution is 6.04. The van der Waals surface area contributed by atoms with Crippen LogP contribution in [0.5, 0.6) is 0 Å². The van der Waals surface area contributed by atoms with Crippen molar-refractivity contribution >= 4 is 11.6 Å². The molecule has 0 unspecified atom stereocenters. The molecule has 0 aliphatic carbocycles. The van der Waals surface area contributed by atoms with Gasteiger partial charge >= 0.3 is 0 Å². The maximum Gasteiger partial charge on any atom is 0.255 e. The number of nitrogens with zero attached hydrogens (tertiary/aromatic N) is 2. The van der Waals surface area contributed by atoms with Crippen LogP contribution >= 0.6 is 0 Å². The van der Waals surface area contributed by atoms with Gasteiger partial charge in [0.05, 0.1) is 25.0 Å². The third kappa shape index (κ3) is 3.60. The third-order valence-electron chi connectivity index (χ3n) is 2.66. The average molecular weight is 299 g/mol. The second-order valence-corrected chi connectivity index (χ2v) is 4.19. The van der Waals surface area contributed by atoms with E-state index < -0.39 is 23.4 Å². The molecule has 2 aromatic rings. The lowest BCUT2D eigenvalue weighted by molar-refractivity contribution is 0.102. The quantitative estimate of drug-likeness (QED) is 0.861. The van der Waals surface area contributed by atoms with E-state index >= 15 is 0 Å². The monoisotopic (exact) mass is 299 g/mol. The molecule has 8 heteroatoms. The molecule has 0 spiro atoms. The molecule has 1 heterocycles. The van der Waals surface area contributed by atoms with Gasteiger partial charge in [0.15, 0.2) is 17.5 Å². The first-order chi connectivity index (χ1) is 10.0. The summed E-state index contributed by atoms with van der Waals surface area (Å²) in [7, 11) is 1.55. The second-order valence-electron chi connectivity index (χ2n) is 4.19. The van der Waals surface area contributed by atoms with E-state index in [0.717, 1.165) is 0 Å². The Balaban J connectivity index is 2.09. The fourth-order valence-electron chi connectivity index (χ4n) is 1.63. The van der Waals surface area contributed by atoms with E-state index in [2.05, 4.69) is 10.4 Å². The van der Waals surface area contributed by atoms with Crippen LogP contribution in [0.1, 0.15) is 10.4 Å². The Morgan fingerprint density at radius 1 is 1.33 bits per heavy atom. The number of carbonyl (C=O) groups excluding carboxylic acids is 1. The smallest absolute Gasteiger partial charge is 0.255 e. The molecular weight excluding hydrogens is 287 g/mol. The molecule has 0 aliphatic heterocycles. The number of nitrogens with one attached hydrogen (secondary N) is 1. The highest BCUT2D eigenvalue weighted by atomic mass is 19.2. The molecule has 1 N–H and O–H groups in total. The van der Waals surface area contributed by atoms with Gasteiger partial charge in [0.25, 0.3) is 5.91 Å². The summed E-state index contributed by atoms with van der Waals surface area (Å²) in [6.45, 7) is 0.940. The van der Waals surface area contributed by atoms with Crippen molar-refractivity contribution < 1.29 is 22.7 Å². The Kier molecular flexibility index (Phi) is 4.59. The number of anilines is 1. The van der Waals surface area contributed by atoms with Crippen molar-refractivity contribution in [2.45, 2.75) is 6.54 Å². The number of carbonyl (C=O) groups is 1. The first kappa shape index (κ1) is 15.0. The number of methoxy groups -OCH3 is 1. The first-order valence-electron chi connectivity index (χ1n) is 5.98. The van der Waals surface area contributed by atoms with Crippen molar-refractivity contribution in [3.63, 3.8) is 0 Å². The van der Waals surface area contributed by atoms with E-state index in [1.807, 2.05) is 0 Å². The minimum atomic E-state index is -1.61. The van der Waals surface area contributed by atoms with Gasteiger partial charge < -0.3 is 10.1 Å². The number of amides is 1. The lowest BCUT2D eigenvalue weighted by Gasteiger charge is -2.04. The Bertz CT molecular complexity index is 635. The maximum atomic E-state index is 13.1. The molecule has 5 nitrogen and oxygen atoms in total. The Hall–Kier alpha value is -2.35. The molecule has 2 rings (SSSR count). The van der Waals surface area contributed by atoms with Gasteiger partial charge in [-0.15, -0.1) is 0 Å². The molecule has 0 aliphatic rings. The molecule has 0 saturated heterocycles. The highest BCUT2D eigenvalue weighted by Gasteiger charge is 2.15. The molecule has 112 valence electrons. The zero-order valence-electron chi connectivity index (χ0n) is 11.1. The summed E-state index contributed by atoms with van der Waals surface area (Å²) in [6, 6.07) is 1.26. The third-order valence-corrected chi connectivity index (χ3v) is 2.66. The Morgan fingerprint density at radius 2 is 2.00 bits per heavy atom. The Labute approximate surface area is 118 Å². The molecular formula is C13H12F3N3O2. The van der Waals surface area contributed by atoms with Crippen molar-refractivity contribution in [1.82, 2.24) is 9.78 Å². The van der Waals surface area contributed by atoms with Gasteiger partial charge in [-0.3, -0.25) is 9.48 Å². The standard InChI is InChI=1S/C13H12F3N3O2/c1-21-3-2-19-7-9(6-17-19)18-13(20)8-4-10(14)12(16)11(15)5-8/h4-7H,2-3H2,1H3,(H,18,20). The molecule has 0 atom stereocenters. The van der Waals surface area contributed by atoms with Crippen molar-refractivity contribution in [3.05, 3.63) is 47.5 Å². The summed E-state index contributed by atoms with van der Waals surface area (Å²) in [4.78, 5) is 11.8. The average Bonchev–Trinajstić information content (AvgIpc) is 2.89. The first-order valence-corrected chi connectivity index (χ1v) is 5.98. The van der Waals surface area contributed by atoms with Gasteiger partial charge in [-0.2, -0.15) is 5.10 Å². The van der Waals surface area contributed by atoms with E-state index in [4.69, 9.17) is 4.74 Å². The van der Waals surface area contributed by atoms with Crippen LogP contribution in [-0.2, 0) is 11.3 Å². The fraction of sp³-hybridized carbons (Fsp3) is 0.231. The lowest BCUT2D eigenvalue weighted by Crippen LogP contribution is -2.13. The predicted octanol–water partition coefficient (Wildman–Crippen LogP) is 2.20. The van der Waals surface area contributed by atoms with Crippen molar-refractivity contribution in [2.75, 3.05) is 19.0 Å². The van der Waals surface area contributed by atoms with Crippen LogP contribution in [0, 0.1) is 17.5 Å². The lowest BCUT2D eigenvalue weighted by atomic mass is 10.2. The highest BCUT2D eigenvalue weighted by Crippen LogP contribution is 2.15. The van der Waals surface area contributed by atoms with Gasteiger partial charge in [-0.05, 0) is 12.1 Å². The van der Waals surface area contributed by atoms with Gasteiger partial charge in [-0.25, -0.2) is 13.2 Å². The summed E-state index contributed by atoms with van der Waals surface area (Å²) in [6.07, 6.45) is 2.91. The molecule has 21 heavy (non-hydrogen) atoms. The molecule has 0 saturated carbocycles. The maximum absolute atomic E-state index is 13.1. The minimum absolute atomic E-state index is 0.323. The summed E-state index contributed by atoms with van der Waals surface area (Å²) < 4.78 is 45.3. The van der Waals surface area contributed by atoms with Crippen LogP contribution in [-0.4, -0.2) is 29.4 Å². The number of rotatable bonds is 5. The number of hydrogen-bond acceptors (Lipinski definition) is 3. The van der Waals surface area contributed by atoms with Gasteiger partial charge in [-0.1, -0.05) is 0 Å².